The van der Waals surface area contributed by atoms with Gasteiger partial charge in [-0.3, -0.25) is 9.80 Å². The van der Waals surface area contributed by atoms with Crippen molar-refractivity contribution >= 4 is 0 Å². The molecular weight excluding hydrogens is 148 g/mol. The highest BCUT2D eigenvalue weighted by Gasteiger charge is 2.11. The van der Waals surface area contributed by atoms with E-state index in [9.17, 15) is 0 Å². The summed E-state index contributed by atoms with van der Waals surface area (Å²) in [4.78, 5) is 4.57. The van der Waals surface area contributed by atoms with Gasteiger partial charge in [0.25, 0.3) is 0 Å². The summed E-state index contributed by atoms with van der Waals surface area (Å²) >= 11 is 0. The van der Waals surface area contributed by atoms with Gasteiger partial charge in [-0.15, -0.1) is 0 Å². The topological polar surface area (TPSA) is 6.48 Å². The van der Waals surface area contributed by atoms with Crippen LogP contribution in [-0.2, 0) is 0 Å². The van der Waals surface area contributed by atoms with Crippen LogP contribution in [0.15, 0.2) is 0 Å². The Kier molecular flexibility index (Phi) is 6.39. The summed E-state index contributed by atoms with van der Waals surface area (Å²) in [7, 11) is 4.26. The SMILES string of the molecule is [CH2]C(N(C)CCC)N(C)CCC. The van der Waals surface area contributed by atoms with Gasteiger partial charge in [0.15, 0.2) is 0 Å². The first-order chi connectivity index (χ1) is 5.63. The van der Waals surface area contributed by atoms with Gasteiger partial charge in [-0.2, -0.15) is 0 Å². The van der Waals surface area contributed by atoms with Gasteiger partial charge in [-0.25, -0.2) is 0 Å². The Morgan fingerprint density at radius 1 is 1.00 bits per heavy atom. The highest BCUT2D eigenvalue weighted by atomic mass is 15.3. The molecule has 0 aliphatic heterocycles. The molecule has 1 radical (unpaired) electrons. The smallest absolute Gasteiger partial charge is 0.0618 e. The van der Waals surface area contributed by atoms with Gasteiger partial charge in [0.05, 0.1) is 6.17 Å². The van der Waals surface area contributed by atoms with Crippen LogP contribution in [-0.4, -0.2) is 43.2 Å². The molecule has 0 saturated heterocycles. The van der Waals surface area contributed by atoms with Gasteiger partial charge in [-0.1, -0.05) is 13.8 Å². The fraction of sp³-hybridized carbons (Fsp3) is 0.900. The van der Waals surface area contributed by atoms with Crippen molar-refractivity contribution in [2.45, 2.75) is 32.9 Å². The van der Waals surface area contributed by atoms with E-state index in [2.05, 4.69) is 44.7 Å². The molecule has 0 unspecified atom stereocenters. The summed E-state index contributed by atoms with van der Waals surface area (Å²) in [6.45, 7) is 10.8. The molecule has 0 saturated carbocycles. The standard InChI is InChI=1S/C10H23N2/c1-6-8-11(4)10(3)12(5)9-7-2/h10H,3,6-9H2,1-2,4-5H3. The molecule has 0 aromatic carbocycles. The highest BCUT2D eigenvalue weighted by Crippen LogP contribution is 2.01. The minimum atomic E-state index is 0.324. The van der Waals surface area contributed by atoms with E-state index in [-0.39, 0.29) is 0 Å². The Balaban J connectivity index is 3.73. The van der Waals surface area contributed by atoms with Gasteiger partial charge in [0.2, 0.25) is 0 Å². The minimum absolute atomic E-state index is 0.324. The van der Waals surface area contributed by atoms with Crippen molar-refractivity contribution in [3.05, 3.63) is 6.92 Å². The van der Waals surface area contributed by atoms with Crippen molar-refractivity contribution in [1.29, 1.82) is 0 Å². The Morgan fingerprint density at radius 2 is 1.33 bits per heavy atom. The predicted octanol–water partition coefficient (Wildman–Crippen LogP) is 1.83. The van der Waals surface area contributed by atoms with E-state index in [1.165, 1.54) is 12.8 Å². The number of nitrogens with zero attached hydrogens (tertiary/aromatic N) is 2. The molecule has 0 fully saturated rings. The van der Waals surface area contributed by atoms with Gasteiger partial charge in [0, 0.05) is 0 Å². The molecule has 73 valence electrons. The lowest BCUT2D eigenvalue weighted by Gasteiger charge is -2.32. The molecule has 0 aromatic rings. The molecular formula is C10H23N2. The summed E-state index contributed by atoms with van der Waals surface area (Å²) in [6, 6.07) is 0. The molecule has 0 rings (SSSR count). The third kappa shape index (κ3) is 4.07. The van der Waals surface area contributed by atoms with E-state index >= 15 is 0 Å². The van der Waals surface area contributed by atoms with Crippen molar-refractivity contribution in [3.63, 3.8) is 0 Å². The summed E-state index contributed by atoms with van der Waals surface area (Å²) in [6.07, 6.45) is 2.72. The van der Waals surface area contributed by atoms with Gasteiger partial charge in [-0.05, 0) is 47.0 Å². The van der Waals surface area contributed by atoms with E-state index in [1.807, 2.05) is 0 Å². The number of hydrogen-bond acceptors (Lipinski definition) is 2. The monoisotopic (exact) mass is 171 g/mol. The second-order valence-electron chi connectivity index (χ2n) is 3.44. The minimum Gasteiger partial charge on any atom is -0.291 e. The molecule has 0 atom stereocenters. The molecule has 0 heterocycles. The first kappa shape index (κ1) is 11.9. The van der Waals surface area contributed by atoms with Crippen LogP contribution in [0.4, 0.5) is 0 Å². The van der Waals surface area contributed by atoms with Crippen molar-refractivity contribution in [3.8, 4) is 0 Å². The van der Waals surface area contributed by atoms with Crippen LogP contribution < -0.4 is 0 Å². The summed E-state index contributed by atoms with van der Waals surface area (Å²) in [5.74, 6) is 0. The third-order valence-electron chi connectivity index (χ3n) is 2.17. The van der Waals surface area contributed by atoms with Crippen molar-refractivity contribution in [1.82, 2.24) is 9.80 Å². The molecule has 0 aliphatic rings. The normalized spacial score (nSPS) is 12.0. The second kappa shape index (κ2) is 6.44. The number of hydrogen-bond donors (Lipinski definition) is 0. The zero-order valence-electron chi connectivity index (χ0n) is 9.01. The van der Waals surface area contributed by atoms with Crippen molar-refractivity contribution in [2.75, 3.05) is 27.2 Å². The molecule has 12 heavy (non-hydrogen) atoms. The Hall–Kier alpha value is -0.0800. The molecule has 0 aromatic heterocycles. The number of rotatable bonds is 6. The molecule has 0 spiro atoms. The fourth-order valence-electron chi connectivity index (χ4n) is 1.34. The Labute approximate surface area is 77.5 Å². The lowest BCUT2D eigenvalue weighted by Crippen LogP contribution is -2.43. The quantitative estimate of drug-likeness (QED) is 0.563. The molecule has 0 N–H and O–H groups in total. The van der Waals surface area contributed by atoms with Gasteiger partial charge >= 0.3 is 0 Å². The van der Waals surface area contributed by atoms with Crippen LogP contribution in [0.3, 0.4) is 0 Å². The van der Waals surface area contributed by atoms with E-state index in [1.54, 1.807) is 0 Å². The lowest BCUT2D eigenvalue weighted by molar-refractivity contribution is 0.119. The van der Waals surface area contributed by atoms with Crippen LogP contribution in [0.25, 0.3) is 0 Å². The zero-order valence-corrected chi connectivity index (χ0v) is 9.01. The van der Waals surface area contributed by atoms with Crippen LogP contribution in [0.2, 0.25) is 0 Å². The van der Waals surface area contributed by atoms with Crippen LogP contribution in [0.1, 0.15) is 26.7 Å². The van der Waals surface area contributed by atoms with E-state index in [4.69, 9.17) is 0 Å². The largest absolute Gasteiger partial charge is 0.291 e. The van der Waals surface area contributed by atoms with Crippen LogP contribution >= 0.6 is 0 Å². The first-order valence-electron chi connectivity index (χ1n) is 4.87. The maximum Gasteiger partial charge on any atom is 0.0618 e. The second-order valence-corrected chi connectivity index (χ2v) is 3.44. The average Bonchev–Trinajstić information content (AvgIpc) is 2.04. The van der Waals surface area contributed by atoms with Crippen molar-refractivity contribution < 1.29 is 0 Å². The molecule has 2 nitrogen and oxygen atoms in total. The molecule has 0 bridgehead atoms. The Bertz CT molecular complexity index is 92.0. The van der Waals surface area contributed by atoms with Gasteiger partial charge in [0.1, 0.15) is 0 Å². The van der Waals surface area contributed by atoms with E-state index in [0.717, 1.165) is 13.1 Å². The summed E-state index contributed by atoms with van der Waals surface area (Å²) in [5.41, 5.74) is 0. The maximum atomic E-state index is 4.13. The van der Waals surface area contributed by atoms with Crippen molar-refractivity contribution in [2.24, 2.45) is 0 Å². The zero-order chi connectivity index (χ0) is 9.56. The highest BCUT2D eigenvalue weighted by molar-refractivity contribution is 4.69. The third-order valence-corrected chi connectivity index (χ3v) is 2.17. The molecule has 2 heteroatoms. The molecule has 0 aliphatic carbocycles. The van der Waals surface area contributed by atoms with Crippen LogP contribution in [0.5, 0.6) is 0 Å². The fourth-order valence-corrected chi connectivity index (χ4v) is 1.34. The first-order valence-corrected chi connectivity index (χ1v) is 4.87. The van der Waals surface area contributed by atoms with E-state index < -0.39 is 0 Å². The van der Waals surface area contributed by atoms with Crippen LogP contribution in [0, 0.1) is 6.92 Å². The Morgan fingerprint density at radius 3 is 1.58 bits per heavy atom. The maximum absolute atomic E-state index is 4.13. The predicted molar refractivity (Wildman–Crippen MR) is 55.0 cm³/mol. The van der Waals surface area contributed by atoms with E-state index in [0.29, 0.717) is 6.17 Å². The average molecular weight is 171 g/mol. The molecule has 0 amide bonds. The lowest BCUT2D eigenvalue weighted by atomic mass is 10.3. The summed E-state index contributed by atoms with van der Waals surface area (Å²) < 4.78 is 0. The summed E-state index contributed by atoms with van der Waals surface area (Å²) in [5, 5.41) is 0. The van der Waals surface area contributed by atoms with Gasteiger partial charge < -0.3 is 0 Å².